The topological polar surface area (TPSA) is 96.5 Å². The van der Waals surface area contributed by atoms with E-state index in [0.717, 1.165) is 25.7 Å². The molecule has 1 fully saturated rings. The van der Waals surface area contributed by atoms with E-state index < -0.39 is 11.7 Å². The summed E-state index contributed by atoms with van der Waals surface area (Å²) in [6.07, 6.45) is 4.29. The zero-order valence-electron chi connectivity index (χ0n) is 14.4. The normalized spacial score (nSPS) is 15.1. The third-order valence-electron chi connectivity index (χ3n) is 3.49. The van der Waals surface area contributed by atoms with Gasteiger partial charge >= 0.3 is 6.09 Å². The summed E-state index contributed by atoms with van der Waals surface area (Å²) in [5, 5.41) is 7.97. The number of rotatable bonds is 7. The maximum absolute atomic E-state index is 11.8. The van der Waals surface area contributed by atoms with Crippen molar-refractivity contribution < 1.29 is 19.1 Å². The largest absolute Gasteiger partial charge is 0.444 e. The molecule has 0 atom stereocenters. The molecule has 0 aromatic carbocycles. The lowest BCUT2D eigenvalue weighted by atomic mass is 10.1. The molecule has 0 unspecified atom stereocenters. The molecule has 1 saturated carbocycles. The summed E-state index contributed by atoms with van der Waals surface area (Å²) in [7, 11) is 0. The second kappa shape index (κ2) is 9.37. The lowest BCUT2D eigenvalue weighted by molar-refractivity contribution is -0.124. The van der Waals surface area contributed by atoms with E-state index in [2.05, 4.69) is 16.0 Å². The maximum atomic E-state index is 11.8. The van der Waals surface area contributed by atoms with Crippen molar-refractivity contribution in [1.29, 1.82) is 0 Å². The second-order valence-electron chi connectivity index (χ2n) is 6.83. The van der Waals surface area contributed by atoms with Crippen LogP contribution < -0.4 is 16.0 Å². The number of nitrogens with one attached hydrogen (secondary N) is 3. The van der Waals surface area contributed by atoms with Crippen LogP contribution in [0.3, 0.4) is 0 Å². The van der Waals surface area contributed by atoms with Crippen molar-refractivity contribution in [3.8, 4) is 0 Å². The quantitative estimate of drug-likeness (QED) is 0.615. The molecule has 0 aromatic rings. The van der Waals surface area contributed by atoms with Gasteiger partial charge < -0.3 is 20.7 Å². The summed E-state index contributed by atoms with van der Waals surface area (Å²) in [5.74, 6) is 0.0148. The van der Waals surface area contributed by atoms with Gasteiger partial charge in [-0.15, -0.1) is 0 Å². The van der Waals surface area contributed by atoms with Gasteiger partial charge in [0.2, 0.25) is 11.8 Å². The van der Waals surface area contributed by atoms with E-state index in [-0.39, 0.29) is 24.3 Å². The van der Waals surface area contributed by atoms with Crippen LogP contribution >= 0.6 is 0 Å². The molecule has 0 saturated heterocycles. The van der Waals surface area contributed by atoms with E-state index in [4.69, 9.17) is 4.74 Å². The van der Waals surface area contributed by atoms with Crippen molar-refractivity contribution in [3.05, 3.63) is 0 Å². The number of hydrogen-bond donors (Lipinski definition) is 3. The van der Waals surface area contributed by atoms with Crippen molar-refractivity contribution >= 4 is 17.9 Å². The van der Waals surface area contributed by atoms with Crippen LogP contribution in [0.1, 0.15) is 52.9 Å². The molecule has 3 N–H and O–H groups in total. The summed E-state index contributed by atoms with van der Waals surface area (Å²) in [4.78, 5) is 34.7. The fourth-order valence-corrected chi connectivity index (χ4v) is 2.39. The molecule has 1 aliphatic carbocycles. The number of amides is 3. The molecular formula is C16H29N3O4. The van der Waals surface area contributed by atoms with E-state index in [1.807, 2.05) is 0 Å². The van der Waals surface area contributed by atoms with Gasteiger partial charge in [0.15, 0.2) is 0 Å². The van der Waals surface area contributed by atoms with E-state index in [1.54, 1.807) is 20.8 Å². The molecule has 23 heavy (non-hydrogen) atoms. The van der Waals surface area contributed by atoms with Crippen LogP contribution in [0, 0.1) is 5.92 Å². The Morgan fingerprint density at radius 3 is 2.22 bits per heavy atom. The maximum Gasteiger partial charge on any atom is 0.408 e. The molecule has 3 amide bonds. The predicted molar refractivity (Wildman–Crippen MR) is 86.8 cm³/mol. The van der Waals surface area contributed by atoms with Gasteiger partial charge in [-0.25, -0.2) is 4.79 Å². The Labute approximate surface area is 137 Å². The van der Waals surface area contributed by atoms with Crippen LogP contribution in [-0.4, -0.2) is 43.1 Å². The van der Waals surface area contributed by atoms with Crippen molar-refractivity contribution in [2.45, 2.75) is 58.5 Å². The Morgan fingerprint density at radius 2 is 1.61 bits per heavy atom. The van der Waals surface area contributed by atoms with Gasteiger partial charge in [0.05, 0.1) is 6.54 Å². The van der Waals surface area contributed by atoms with E-state index in [0.29, 0.717) is 19.5 Å². The Kier molecular flexibility index (Phi) is 7.85. The number of alkyl carbamates (subject to hydrolysis) is 1. The lowest BCUT2D eigenvalue weighted by Crippen LogP contribution is -2.40. The number of carbonyl (C=O) groups is 3. The molecule has 0 radical (unpaired) electrons. The molecule has 0 heterocycles. The van der Waals surface area contributed by atoms with Gasteiger partial charge in [-0.3, -0.25) is 9.59 Å². The molecule has 1 aliphatic rings. The number of hydrogen-bond acceptors (Lipinski definition) is 4. The van der Waals surface area contributed by atoms with Gasteiger partial charge in [-0.1, -0.05) is 12.8 Å². The summed E-state index contributed by atoms with van der Waals surface area (Å²) >= 11 is 0. The third kappa shape index (κ3) is 9.05. The molecule has 0 aromatic heterocycles. The Bertz CT molecular complexity index is 412. The van der Waals surface area contributed by atoms with Crippen LogP contribution in [0.2, 0.25) is 0 Å². The minimum Gasteiger partial charge on any atom is -0.444 e. The van der Waals surface area contributed by atoms with Crippen LogP contribution in [0.25, 0.3) is 0 Å². The van der Waals surface area contributed by atoms with Crippen molar-refractivity contribution in [1.82, 2.24) is 16.0 Å². The van der Waals surface area contributed by atoms with Gasteiger partial charge in [-0.2, -0.15) is 0 Å². The molecule has 1 rings (SSSR count). The molecule has 7 heteroatoms. The van der Waals surface area contributed by atoms with Gasteiger partial charge in [-0.05, 0) is 40.0 Å². The van der Waals surface area contributed by atoms with Gasteiger partial charge in [0, 0.05) is 19.0 Å². The molecule has 0 bridgehead atoms. The first-order valence-electron chi connectivity index (χ1n) is 8.29. The summed E-state index contributed by atoms with van der Waals surface area (Å²) in [6, 6.07) is 0. The van der Waals surface area contributed by atoms with Crippen LogP contribution in [0.15, 0.2) is 0 Å². The number of carbonyl (C=O) groups excluding carboxylic acids is 3. The van der Waals surface area contributed by atoms with Crippen LogP contribution in [-0.2, 0) is 14.3 Å². The van der Waals surface area contributed by atoms with Crippen molar-refractivity contribution in [2.24, 2.45) is 5.92 Å². The highest BCUT2D eigenvalue weighted by Crippen LogP contribution is 2.24. The highest BCUT2D eigenvalue weighted by atomic mass is 16.6. The highest BCUT2D eigenvalue weighted by Gasteiger charge is 2.21. The molecule has 7 nitrogen and oxygen atoms in total. The lowest BCUT2D eigenvalue weighted by Gasteiger charge is -2.19. The average molecular weight is 327 g/mol. The first-order valence-corrected chi connectivity index (χ1v) is 8.29. The first kappa shape index (κ1) is 19.3. The fourth-order valence-electron chi connectivity index (χ4n) is 2.39. The molecule has 132 valence electrons. The van der Waals surface area contributed by atoms with E-state index in [9.17, 15) is 14.4 Å². The van der Waals surface area contributed by atoms with Gasteiger partial charge in [0.25, 0.3) is 0 Å². The Hall–Kier alpha value is -1.79. The first-order chi connectivity index (χ1) is 10.8. The smallest absolute Gasteiger partial charge is 0.408 e. The standard InChI is InChI=1S/C16H29N3O4/c1-16(2,3)23-15(22)19-11-13(20)17-9-6-10-18-14(21)12-7-4-5-8-12/h12H,4-11H2,1-3H3,(H,17,20)(H,18,21)(H,19,22). The summed E-state index contributed by atoms with van der Waals surface area (Å²) in [6.45, 7) is 6.16. The molecular weight excluding hydrogens is 298 g/mol. The zero-order valence-corrected chi connectivity index (χ0v) is 14.4. The highest BCUT2D eigenvalue weighted by molar-refractivity contribution is 5.82. The van der Waals surface area contributed by atoms with E-state index >= 15 is 0 Å². The van der Waals surface area contributed by atoms with Crippen molar-refractivity contribution in [2.75, 3.05) is 19.6 Å². The van der Waals surface area contributed by atoms with Gasteiger partial charge in [0.1, 0.15) is 5.60 Å². The summed E-state index contributed by atoms with van der Waals surface area (Å²) < 4.78 is 5.03. The zero-order chi connectivity index (χ0) is 17.3. The number of ether oxygens (including phenoxy) is 1. The fraction of sp³-hybridized carbons (Fsp3) is 0.812. The second-order valence-corrected chi connectivity index (χ2v) is 6.83. The molecule has 0 aliphatic heterocycles. The summed E-state index contributed by atoms with van der Waals surface area (Å²) in [5.41, 5.74) is -0.585. The van der Waals surface area contributed by atoms with Crippen LogP contribution in [0.4, 0.5) is 4.79 Å². The third-order valence-corrected chi connectivity index (χ3v) is 3.49. The Balaban J connectivity index is 2.01. The average Bonchev–Trinajstić information content (AvgIpc) is 2.97. The molecule has 0 spiro atoms. The minimum absolute atomic E-state index is 0.122. The van der Waals surface area contributed by atoms with Crippen molar-refractivity contribution in [3.63, 3.8) is 0 Å². The Morgan fingerprint density at radius 1 is 1.00 bits per heavy atom. The van der Waals surface area contributed by atoms with E-state index in [1.165, 1.54) is 0 Å². The monoisotopic (exact) mass is 327 g/mol. The SMILES string of the molecule is CC(C)(C)OC(=O)NCC(=O)NCCCNC(=O)C1CCCC1. The van der Waals surface area contributed by atoms with Crippen LogP contribution in [0.5, 0.6) is 0 Å². The predicted octanol–water partition coefficient (Wildman–Crippen LogP) is 1.32. The minimum atomic E-state index is -0.614.